The zero-order valence-electron chi connectivity index (χ0n) is 18.9. The molecule has 0 radical (unpaired) electrons. The fraction of sp³-hybridized carbons (Fsp3) is 0.0323. The second-order valence-corrected chi connectivity index (χ2v) is 20.7. The van der Waals surface area contributed by atoms with E-state index in [1.54, 1.807) is 0 Å². The monoisotopic (exact) mass is 545 g/mol. The molecule has 0 saturated carbocycles. The Morgan fingerprint density at radius 3 is 0.971 bits per heavy atom. The Morgan fingerprint density at radius 2 is 0.676 bits per heavy atom. The molecule has 0 aliphatic carbocycles. The first-order chi connectivity index (χ1) is 16.7. The number of benzene rings is 5. The maximum atomic E-state index is 8.01. The molecule has 168 valence electrons. The predicted octanol–water partition coefficient (Wildman–Crippen LogP) is 5.52. The van der Waals surface area contributed by atoms with Crippen LogP contribution in [0.25, 0.3) is 0 Å². The second kappa shape index (κ2) is 10.3. The number of halogens is 1. The Balaban J connectivity index is 1.83. The molecule has 0 nitrogen and oxygen atoms in total. The van der Waals surface area contributed by atoms with Crippen molar-refractivity contribution in [2.75, 3.05) is 5.06 Å². The molecule has 0 unspecified atom stereocenters. The summed E-state index contributed by atoms with van der Waals surface area (Å²) in [5, 5.41) is 5.06. The molecule has 5 aromatic carbocycles. The molecular formula is C31H27ClPSe+. The van der Waals surface area contributed by atoms with Gasteiger partial charge in [0.05, 0.1) is 0 Å². The van der Waals surface area contributed by atoms with Gasteiger partial charge in [-0.1, -0.05) is 0 Å². The van der Waals surface area contributed by atoms with Crippen LogP contribution in [0.3, 0.4) is 0 Å². The first-order valence-corrected chi connectivity index (χ1v) is 18.5. The van der Waals surface area contributed by atoms with Gasteiger partial charge >= 0.3 is 211 Å². The van der Waals surface area contributed by atoms with Crippen molar-refractivity contribution in [3.63, 3.8) is 0 Å². The number of hydrogen-bond acceptors (Lipinski definition) is 0. The molecule has 0 heterocycles. The Morgan fingerprint density at radius 1 is 0.412 bits per heavy atom. The second-order valence-electron chi connectivity index (χ2n) is 8.23. The third-order valence-corrected chi connectivity index (χ3v) is 22.8. The van der Waals surface area contributed by atoms with Crippen molar-refractivity contribution in [3.8, 4) is 0 Å². The van der Waals surface area contributed by atoms with Crippen LogP contribution in [0.15, 0.2) is 152 Å². The van der Waals surface area contributed by atoms with Gasteiger partial charge < -0.3 is 0 Å². The van der Waals surface area contributed by atoms with Crippen LogP contribution in [0.2, 0.25) is 0 Å². The van der Waals surface area contributed by atoms with Gasteiger partial charge in [0.1, 0.15) is 0 Å². The van der Waals surface area contributed by atoms with E-state index in [0.29, 0.717) is 0 Å². The van der Waals surface area contributed by atoms with Crippen LogP contribution in [0, 0.1) is 0 Å². The van der Waals surface area contributed by atoms with E-state index in [4.69, 9.17) is 10.1 Å². The molecular weight excluding hydrogens is 518 g/mol. The Kier molecular flexibility index (Phi) is 7.00. The molecule has 5 rings (SSSR count). The quantitative estimate of drug-likeness (QED) is 0.187. The van der Waals surface area contributed by atoms with Gasteiger partial charge in [-0.2, -0.15) is 0 Å². The van der Waals surface area contributed by atoms with Crippen LogP contribution in [-0.4, -0.2) is 17.0 Å². The van der Waals surface area contributed by atoms with Crippen molar-refractivity contribution >= 4 is 54.1 Å². The first-order valence-electron chi connectivity index (χ1n) is 11.4. The van der Waals surface area contributed by atoms with Gasteiger partial charge in [-0.3, -0.25) is 0 Å². The third kappa shape index (κ3) is 4.38. The predicted molar refractivity (Wildman–Crippen MR) is 154 cm³/mol. The van der Waals surface area contributed by atoms with Crippen molar-refractivity contribution in [2.24, 2.45) is 0 Å². The van der Waals surface area contributed by atoms with Crippen LogP contribution in [0.1, 0.15) is 0 Å². The minimum absolute atomic E-state index is 0.928. The Hall–Kier alpha value is -2.66. The van der Waals surface area contributed by atoms with E-state index in [1.165, 1.54) is 24.8 Å². The van der Waals surface area contributed by atoms with E-state index in [1.807, 2.05) is 0 Å². The molecule has 0 bridgehead atoms. The van der Waals surface area contributed by atoms with Gasteiger partial charge in [-0.25, -0.2) is 0 Å². The van der Waals surface area contributed by atoms with Crippen LogP contribution >= 0.6 is 17.4 Å². The Bertz CT molecular complexity index is 1170. The molecule has 0 atom stereocenters. The average Bonchev–Trinajstić information content (AvgIpc) is 2.94. The maximum absolute atomic E-state index is 8.01. The molecule has 5 aromatic rings. The molecule has 0 N–H and O–H groups in total. The van der Waals surface area contributed by atoms with Crippen molar-refractivity contribution in [3.05, 3.63) is 152 Å². The van der Waals surface area contributed by atoms with Gasteiger partial charge in [0.25, 0.3) is 0 Å². The molecule has 3 heteroatoms. The third-order valence-electron chi connectivity index (χ3n) is 6.20. The van der Waals surface area contributed by atoms with E-state index in [2.05, 4.69) is 152 Å². The minimum atomic E-state index is -2.91. The summed E-state index contributed by atoms with van der Waals surface area (Å²) in [6, 6.07) is 54.7. The summed E-state index contributed by atoms with van der Waals surface area (Å²) < 4.78 is 2.55. The molecule has 34 heavy (non-hydrogen) atoms. The molecule has 0 aliphatic heterocycles. The van der Waals surface area contributed by atoms with Gasteiger partial charge in [-0.05, 0) is 0 Å². The zero-order valence-corrected chi connectivity index (χ0v) is 22.2. The van der Waals surface area contributed by atoms with Crippen molar-refractivity contribution in [2.45, 2.75) is 0 Å². The molecule has 0 fully saturated rings. The van der Waals surface area contributed by atoms with Crippen LogP contribution in [-0.2, 0) is 0 Å². The number of hydrogen-bond donors (Lipinski definition) is 0. The molecule has 0 aliphatic rings. The van der Waals surface area contributed by atoms with Gasteiger partial charge in [0.2, 0.25) is 0 Å². The zero-order chi connectivity index (χ0) is 23.3. The van der Waals surface area contributed by atoms with Crippen molar-refractivity contribution in [1.29, 1.82) is 0 Å². The van der Waals surface area contributed by atoms with Gasteiger partial charge in [0.15, 0.2) is 0 Å². The van der Waals surface area contributed by atoms with E-state index < -0.39 is 19.2 Å². The summed E-state index contributed by atoms with van der Waals surface area (Å²) in [7, 11) is 5.94. The normalized spacial score (nSPS) is 12.3. The van der Waals surface area contributed by atoms with Crippen LogP contribution in [0.5, 0.6) is 0 Å². The van der Waals surface area contributed by atoms with Gasteiger partial charge in [0, 0.05) is 0 Å². The van der Waals surface area contributed by atoms with Crippen molar-refractivity contribution < 1.29 is 0 Å². The molecule has 0 saturated heterocycles. The van der Waals surface area contributed by atoms with Crippen molar-refractivity contribution in [1.82, 2.24) is 0 Å². The van der Waals surface area contributed by atoms with Crippen LogP contribution < -0.4 is 24.8 Å². The summed E-state index contributed by atoms with van der Waals surface area (Å²) in [5.41, 5.74) is 0. The summed E-state index contributed by atoms with van der Waals surface area (Å²) >= 11 is -2.91. The molecule has 0 amide bonds. The topological polar surface area (TPSA) is 0 Å². The summed E-state index contributed by atoms with van der Waals surface area (Å²) in [4.78, 5) is 0. The summed E-state index contributed by atoms with van der Waals surface area (Å²) in [5.74, 6) is 0. The first kappa shape index (κ1) is 23.1. The Labute approximate surface area is 210 Å². The fourth-order valence-electron chi connectivity index (χ4n) is 4.54. The van der Waals surface area contributed by atoms with E-state index >= 15 is 0 Å². The fourth-order valence-corrected chi connectivity index (χ4v) is 23.2. The van der Waals surface area contributed by atoms with Crippen LogP contribution in [0.4, 0.5) is 0 Å². The summed E-state index contributed by atoms with van der Waals surface area (Å²) in [6.45, 7) is 0. The molecule has 0 spiro atoms. The SMILES string of the molecule is Cl[Se](C[P+](c1ccccc1)(c1ccccc1)c1ccccc1)(c1ccccc1)c1ccccc1. The molecule has 0 aromatic heterocycles. The van der Waals surface area contributed by atoms with Gasteiger partial charge in [-0.15, -0.1) is 0 Å². The van der Waals surface area contributed by atoms with E-state index in [0.717, 1.165) is 5.06 Å². The standard InChI is InChI=1S/C31H27ClPSe/c32-34(30-22-12-4-13-23-30,31-24-14-5-15-25-31)26-33(27-16-6-1-7-17-27,28-18-8-2-9-19-28)29-20-10-3-11-21-29/h1-25H,26H2/q+1. The summed E-state index contributed by atoms with van der Waals surface area (Å²) in [6.07, 6.45) is 0. The number of rotatable bonds is 7. The van der Waals surface area contributed by atoms with E-state index in [9.17, 15) is 0 Å². The van der Waals surface area contributed by atoms with E-state index in [-0.39, 0.29) is 0 Å². The average molecular weight is 545 g/mol.